The fourth-order valence-corrected chi connectivity index (χ4v) is 4.55. The maximum absolute atomic E-state index is 14.7. The van der Waals surface area contributed by atoms with E-state index in [-0.39, 0.29) is 18.4 Å². The van der Waals surface area contributed by atoms with E-state index in [2.05, 4.69) is 26.2 Å². The Morgan fingerprint density at radius 2 is 2.06 bits per heavy atom. The van der Waals surface area contributed by atoms with Gasteiger partial charge in [0, 0.05) is 12.0 Å². The van der Waals surface area contributed by atoms with Crippen LogP contribution in [-0.2, 0) is 9.53 Å². The van der Waals surface area contributed by atoms with Gasteiger partial charge in [-0.05, 0) is 61.2 Å². The molecule has 0 spiro atoms. The van der Waals surface area contributed by atoms with Gasteiger partial charge < -0.3 is 15.2 Å². The van der Waals surface area contributed by atoms with Gasteiger partial charge in [-0.2, -0.15) is 0 Å². The van der Waals surface area contributed by atoms with Crippen molar-refractivity contribution in [2.24, 2.45) is 0 Å². The number of rotatable bonds is 8. The van der Waals surface area contributed by atoms with Crippen molar-refractivity contribution in [2.75, 3.05) is 0 Å². The van der Waals surface area contributed by atoms with Crippen molar-refractivity contribution in [1.82, 2.24) is 10.3 Å². The Balaban J connectivity index is 2.48. The van der Waals surface area contributed by atoms with Gasteiger partial charge in [-0.3, -0.25) is 0 Å². The molecule has 0 radical (unpaired) electrons. The number of amides is 1. The zero-order valence-electron chi connectivity index (χ0n) is 17.2. The standard InChI is InChI=1S/C21H23BrF2N2O4S/c1-21(2,3)30-20(29)26-17(18-19(22)25-11-31-18)13(7-4-5-10-15(27)28)12-8-6-9-14(23)16(12)24/h5-6,8-11,13,17H,4,7H2,1-3H3,(H,26,29)(H,27,28). The van der Waals surface area contributed by atoms with Gasteiger partial charge in [0.25, 0.3) is 0 Å². The van der Waals surface area contributed by atoms with Crippen molar-refractivity contribution in [3.63, 3.8) is 0 Å². The second-order valence-corrected chi connectivity index (χ2v) is 9.34. The quantitative estimate of drug-likeness (QED) is 0.423. The minimum absolute atomic E-state index is 0.0603. The van der Waals surface area contributed by atoms with E-state index in [0.717, 1.165) is 12.1 Å². The summed E-state index contributed by atoms with van der Waals surface area (Å²) in [5.74, 6) is -3.87. The highest BCUT2D eigenvalue weighted by Crippen LogP contribution is 2.41. The number of aromatic nitrogens is 1. The Labute approximate surface area is 191 Å². The lowest BCUT2D eigenvalue weighted by Gasteiger charge is -2.29. The van der Waals surface area contributed by atoms with Gasteiger partial charge in [-0.25, -0.2) is 23.4 Å². The minimum atomic E-state index is -1.11. The van der Waals surface area contributed by atoms with Crippen molar-refractivity contribution in [2.45, 2.75) is 51.2 Å². The van der Waals surface area contributed by atoms with E-state index in [9.17, 15) is 18.4 Å². The number of aliphatic carboxylic acids is 1. The van der Waals surface area contributed by atoms with E-state index in [4.69, 9.17) is 9.84 Å². The first-order valence-electron chi connectivity index (χ1n) is 9.41. The molecule has 168 valence electrons. The number of halogens is 3. The van der Waals surface area contributed by atoms with Crippen LogP contribution in [0.15, 0.2) is 40.5 Å². The third-order valence-electron chi connectivity index (χ3n) is 4.19. The van der Waals surface area contributed by atoms with Crippen molar-refractivity contribution >= 4 is 39.3 Å². The normalized spacial score (nSPS) is 13.7. The Hall–Kier alpha value is -2.33. The van der Waals surface area contributed by atoms with Gasteiger partial charge in [0.1, 0.15) is 10.2 Å². The molecule has 0 aliphatic carbocycles. The molecule has 0 saturated heterocycles. The predicted octanol–water partition coefficient (Wildman–Crippen LogP) is 5.95. The summed E-state index contributed by atoms with van der Waals surface area (Å²) in [6.07, 6.45) is 2.18. The molecule has 2 aromatic rings. The molecule has 10 heteroatoms. The molecule has 0 bridgehead atoms. The Bertz CT molecular complexity index is 959. The number of alkyl carbamates (subject to hydrolysis) is 1. The molecule has 1 heterocycles. The summed E-state index contributed by atoms with van der Waals surface area (Å²) in [4.78, 5) is 28.1. The first kappa shape index (κ1) is 24.9. The van der Waals surface area contributed by atoms with E-state index in [1.807, 2.05) is 0 Å². The zero-order valence-corrected chi connectivity index (χ0v) is 19.6. The highest BCUT2D eigenvalue weighted by molar-refractivity contribution is 9.10. The van der Waals surface area contributed by atoms with Gasteiger partial charge in [-0.1, -0.05) is 18.2 Å². The minimum Gasteiger partial charge on any atom is -0.478 e. The topological polar surface area (TPSA) is 88.5 Å². The molecule has 1 aromatic heterocycles. The monoisotopic (exact) mass is 516 g/mol. The summed E-state index contributed by atoms with van der Waals surface area (Å²) < 4.78 is 34.6. The summed E-state index contributed by atoms with van der Waals surface area (Å²) in [5, 5.41) is 11.6. The number of carboxylic acid groups (broad SMARTS) is 1. The third kappa shape index (κ3) is 7.39. The van der Waals surface area contributed by atoms with Crippen LogP contribution in [0.25, 0.3) is 0 Å². The number of hydrogen-bond donors (Lipinski definition) is 2. The number of thiazole rings is 1. The van der Waals surface area contributed by atoms with Crippen LogP contribution in [0, 0.1) is 11.6 Å². The van der Waals surface area contributed by atoms with Crippen LogP contribution >= 0.6 is 27.3 Å². The van der Waals surface area contributed by atoms with Crippen LogP contribution in [0.5, 0.6) is 0 Å². The van der Waals surface area contributed by atoms with Crippen LogP contribution in [0.2, 0.25) is 0 Å². The number of benzene rings is 1. The van der Waals surface area contributed by atoms with Crippen LogP contribution in [0.3, 0.4) is 0 Å². The molecule has 0 aliphatic rings. The molecule has 2 unspecified atom stereocenters. The Morgan fingerprint density at radius 1 is 1.35 bits per heavy atom. The summed E-state index contributed by atoms with van der Waals surface area (Å²) >= 11 is 4.58. The molecule has 2 N–H and O–H groups in total. The lowest BCUT2D eigenvalue weighted by Crippen LogP contribution is -2.37. The average molecular weight is 517 g/mol. The molecular formula is C21H23BrF2N2O4S. The summed E-state index contributed by atoms with van der Waals surface area (Å²) in [6.45, 7) is 5.14. The number of ether oxygens (including phenoxy) is 1. The molecule has 1 aromatic carbocycles. The van der Waals surface area contributed by atoms with Gasteiger partial charge in [0.15, 0.2) is 11.6 Å². The number of allylic oxidation sites excluding steroid dienone is 1. The summed E-state index contributed by atoms with van der Waals surface area (Å²) in [7, 11) is 0. The van der Waals surface area contributed by atoms with Crippen molar-refractivity contribution in [1.29, 1.82) is 0 Å². The maximum atomic E-state index is 14.7. The number of carbonyl (C=O) groups excluding carboxylic acids is 1. The maximum Gasteiger partial charge on any atom is 0.408 e. The van der Waals surface area contributed by atoms with Gasteiger partial charge in [-0.15, -0.1) is 11.3 Å². The molecule has 2 rings (SSSR count). The highest BCUT2D eigenvalue weighted by Gasteiger charge is 2.33. The number of nitrogens with zero attached hydrogens (tertiary/aromatic N) is 1. The molecule has 2 atom stereocenters. The summed E-state index contributed by atoms with van der Waals surface area (Å²) in [6, 6.07) is 3.05. The fourth-order valence-electron chi connectivity index (χ4n) is 3.00. The number of hydrogen-bond acceptors (Lipinski definition) is 5. The molecule has 1 amide bonds. The van der Waals surface area contributed by atoms with Gasteiger partial charge in [0.2, 0.25) is 0 Å². The predicted molar refractivity (Wildman–Crippen MR) is 117 cm³/mol. The van der Waals surface area contributed by atoms with Crippen molar-refractivity contribution in [3.8, 4) is 0 Å². The average Bonchev–Trinajstić information content (AvgIpc) is 3.07. The van der Waals surface area contributed by atoms with Crippen molar-refractivity contribution < 1.29 is 28.2 Å². The highest BCUT2D eigenvalue weighted by atomic mass is 79.9. The molecule has 0 aliphatic heterocycles. The number of carboxylic acids is 1. The van der Waals surface area contributed by atoms with E-state index < -0.39 is 41.3 Å². The van der Waals surface area contributed by atoms with Gasteiger partial charge >= 0.3 is 12.1 Å². The SMILES string of the molecule is CC(C)(C)OC(=O)NC(c1scnc1Br)C(CCC=CC(=O)O)c1cccc(F)c1F. The van der Waals surface area contributed by atoms with Crippen LogP contribution in [0.4, 0.5) is 13.6 Å². The third-order valence-corrected chi connectivity index (χ3v) is 6.00. The van der Waals surface area contributed by atoms with E-state index in [1.165, 1.54) is 29.5 Å². The number of carbonyl (C=O) groups is 2. The fraction of sp³-hybridized carbons (Fsp3) is 0.381. The second-order valence-electron chi connectivity index (χ2n) is 7.70. The van der Waals surface area contributed by atoms with Crippen LogP contribution in [0.1, 0.15) is 56.0 Å². The second kappa shape index (κ2) is 10.8. The lowest BCUT2D eigenvalue weighted by molar-refractivity contribution is -0.131. The van der Waals surface area contributed by atoms with E-state index in [0.29, 0.717) is 9.48 Å². The molecular weight excluding hydrogens is 494 g/mol. The van der Waals surface area contributed by atoms with Crippen molar-refractivity contribution in [3.05, 3.63) is 62.5 Å². The molecule has 31 heavy (non-hydrogen) atoms. The van der Waals surface area contributed by atoms with E-state index in [1.54, 1.807) is 26.3 Å². The van der Waals surface area contributed by atoms with Gasteiger partial charge in [0.05, 0.1) is 16.4 Å². The van der Waals surface area contributed by atoms with E-state index >= 15 is 0 Å². The zero-order chi connectivity index (χ0) is 23.2. The van der Waals surface area contributed by atoms with Crippen LogP contribution in [-0.4, -0.2) is 27.8 Å². The Kier molecular flexibility index (Phi) is 8.69. The molecule has 6 nitrogen and oxygen atoms in total. The smallest absolute Gasteiger partial charge is 0.408 e. The molecule has 0 fully saturated rings. The largest absolute Gasteiger partial charge is 0.478 e. The first-order valence-corrected chi connectivity index (χ1v) is 11.1. The van der Waals surface area contributed by atoms with Crippen LogP contribution < -0.4 is 5.32 Å². The molecule has 0 saturated carbocycles. The number of nitrogens with one attached hydrogen (secondary N) is 1. The summed E-state index contributed by atoms with van der Waals surface area (Å²) in [5.41, 5.74) is 0.862. The first-order chi connectivity index (χ1) is 14.5. The Morgan fingerprint density at radius 3 is 2.65 bits per heavy atom. The lowest BCUT2D eigenvalue weighted by atomic mass is 9.86.